The van der Waals surface area contributed by atoms with Crippen molar-refractivity contribution < 1.29 is 9.31 Å². The molecule has 0 bridgehead atoms. The van der Waals surface area contributed by atoms with Crippen LogP contribution in [0, 0.1) is 10.1 Å². The van der Waals surface area contributed by atoms with Crippen molar-refractivity contribution in [2.45, 2.75) is 6.54 Å². The summed E-state index contributed by atoms with van der Waals surface area (Å²) in [6.45, 7) is -0.645. The van der Waals surface area contributed by atoms with Crippen LogP contribution in [0.15, 0.2) is 12.4 Å². The Morgan fingerprint density at radius 2 is 2.55 bits per heavy atom. The van der Waals surface area contributed by atoms with Crippen LogP contribution in [-0.4, -0.2) is 21.1 Å². The van der Waals surface area contributed by atoms with Crippen LogP contribution >= 0.6 is 0 Å². The number of halogens is 1. The van der Waals surface area contributed by atoms with Gasteiger partial charge in [-0.25, -0.2) is 8.96 Å². The molecule has 0 atom stereocenters. The van der Waals surface area contributed by atoms with Crippen LogP contribution in [0.2, 0.25) is 0 Å². The fourth-order valence-electron chi connectivity index (χ4n) is 0.739. The molecule has 5 nitrogen and oxygen atoms in total. The van der Waals surface area contributed by atoms with Gasteiger partial charge in [0.25, 0.3) is 0 Å². The zero-order valence-electron chi connectivity index (χ0n) is 5.61. The molecular formula is C5H6FN3O2. The van der Waals surface area contributed by atoms with Crippen molar-refractivity contribution >= 4 is 5.95 Å². The van der Waals surface area contributed by atoms with Gasteiger partial charge >= 0.3 is 5.95 Å². The fraction of sp³-hybridized carbons (Fsp3) is 0.400. The van der Waals surface area contributed by atoms with E-state index in [1.54, 1.807) is 0 Å². The minimum atomic E-state index is -0.643. The van der Waals surface area contributed by atoms with Gasteiger partial charge < -0.3 is 10.1 Å². The molecule has 0 aromatic carbocycles. The predicted octanol–water partition coefficient (Wildman–Crippen LogP) is 0.761. The van der Waals surface area contributed by atoms with Crippen LogP contribution in [-0.2, 0) is 6.54 Å². The van der Waals surface area contributed by atoms with E-state index in [1.807, 2.05) is 0 Å². The molecule has 0 radical (unpaired) electrons. The van der Waals surface area contributed by atoms with E-state index in [4.69, 9.17) is 0 Å². The van der Waals surface area contributed by atoms with E-state index >= 15 is 0 Å². The van der Waals surface area contributed by atoms with Crippen LogP contribution < -0.4 is 0 Å². The van der Waals surface area contributed by atoms with Crippen molar-refractivity contribution in [3.63, 3.8) is 0 Å². The Balaban J connectivity index is 2.87. The molecule has 0 aliphatic rings. The summed E-state index contributed by atoms with van der Waals surface area (Å²) in [7, 11) is 0. The third kappa shape index (κ3) is 1.51. The topological polar surface area (TPSA) is 61.0 Å². The molecule has 1 heterocycles. The fourth-order valence-corrected chi connectivity index (χ4v) is 0.739. The number of hydrogen-bond donors (Lipinski definition) is 0. The summed E-state index contributed by atoms with van der Waals surface area (Å²) in [5, 5.41) is 10.2. The van der Waals surface area contributed by atoms with Gasteiger partial charge in [0.2, 0.25) is 0 Å². The second-order valence-corrected chi connectivity index (χ2v) is 1.87. The molecule has 0 aliphatic heterocycles. The molecule has 0 N–H and O–H groups in total. The number of imidazole rings is 1. The number of hydrogen-bond acceptors (Lipinski definition) is 3. The maximum atomic E-state index is 11.7. The number of nitrogens with zero attached hydrogens (tertiary/aromatic N) is 3. The highest BCUT2D eigenvalue weighted by molar-refractivity contribution is 5.06. The Bertz CT molecular complexity index is 260. The summed E-state index contributed by atoms with van der Waals surface area (Å²) in [5.41, 5.74) is 0. The standard InChI is InChI=1S/C5H6FN3O2/c6-1-3-8-4-2-7-5(8)9(10)11/h2,4H,1,3H2. The first-order chi connectivity index (χ1) is 5.25. The lowest BCUT2D eigenvalue weighted by Gasteiger charge is -1.95. The number of alkyl halides is 1. The molecule has 0 saturated heterocycles. The zero-order chi connectivity index (χ0) is 8.27. The van der Waals surface area contributed by atoms with Crippen LogP contribution in [0.4, 0.5) is 10.3 Å². The molecule has 11 heavy (non-hydrogen) atoms. The maximum absolute atomic E-state index is 11.7. The van der Waals surface area contributed by atoms with Gasteiger partial charge in [-0.15, -0.1) is 0 Å². The minimum Gasteiger partial charge on any atom is -0.390 e. The minimum absolute atomic E-state index is 0.0175. The molecule has 6 heteroatoms. The van der Waals surface area contributed by atoms with E-state index in [0.29, 0.717) is 0 Å². The normalized spacial score (nSPS) is 9.91. The van der Waals surface area contributed by atoms with Gasteiger partial charge in [-0.1, -0.05) is 4.98 Å². The van der Waals surface area contributed by atoms with E-state index in [-0.39, 0.29) is 12.5 Å². The third-order valence-corrected chi connectivity index (χ3v) is 1.18. The summed E-state index contributed by atoms with van der Waals surface area (Å²) in [6, 6.07) is 0. The van der Waals surface area contributed by atoms with Crippen molar-refractivity contribution in [1.29, 1.82) is 0 Å². The van der Waals surface area contributed by atoms with Crippen LogP contribution in [0.25, 0.3) is 0 Å². The summed E-state index contributed by atoms with van der Waals surface area (Å²) in [6.07, 6.45) is 2.64. The van der Waals surface area contributed by atoms with Crippen LogP contribution in [0.1, 0.15) is 0 Å². The summed E-state index contributed by atoms with van der Waals surface area (Å²) in [4.78, 5) is 12.9. The second-order valence-electron chi connectivity index (χ2n) is 1.87. The van der Waals surface area contributed by atoms with Gasteiger partial charge in [-0.3, -0.25) is 0 Å². The van der Waals surface area contributed by atoms with Crippen molar-refractivity contribution in [1.82, 2.24) is 9.55 Å². The predicted molar refractivity (Wildman–Crippen MR) is 34.9 cm³/mol. The number of aryl methyl sites for hydroxylation is 1. The van der Waals surface area contributed by atoms with Crippen molar-refractivity contribution in [3.8, 4) is 0 Å². The smallest absolute Gasteiger partial charge is 0.390 e. The van der Waals surface area contributed by atoms with E-state index in [9.17, 15) is 14.5 Å². The second kappa shape index (κ2) is 3.09. The molecule has 1 aromatic rings. The molecule has 1 rings (SSSR count). The van der Waals surface area contributed by atoms with E-state index in [1.165, 1.54) is 12.4 Å². The highest BCUT2D eigenvalue weighted by Gasteiger charge is 2.12. The Labute approximate surface area is 61.6 Å². The van der Waals surface area contributed by atoms with Crippen molar-refractivity contribution in [3.05, 3.63) is 22.5 Å². The molecule has 0 spiro atoms. The van der Waals surface area contributed by atoms with Gasteiger partial charge in [0.05, 0.1) is 6.54 Å². The Morgan fingerprint density at radius 1 is 1.82 bits per heavy atom. The first-order valence-electron chi connectivity index (χ1n) is 2.97. The van der Waals surface area contributed by atoms with Crippen molar-refractivity contribution in [2.75, 3.05) is 6.67 Å². The SMILES string of the molecule is O=[N+]([O-])c1nccn1CCF. The summed E-state index contributed by atoms with van der Waals surface area (Å²) < 4.78 is 12.9. The Kier molecular flexibility index (Phi) is 2.15. The monoisotopic (exact) mass is 159 g/mol. The lowest BCUT2D eigenvalue weighted by molar-refractivity contribution is -0.396. The largest absolute Gasteiger partial charge is 0.434 e. The van der Waals surface area contributed by atoms with E-state index in [2.05, 4.69) is 4.98 Å². The van der Waals surface area contributed by atoms with E-state index in [0.717, 1.165) is 4.57 Å². The number of aromatic nitrogens is 2. The Hall–Kier alpha value is -1.46. The number of rotatable bonds is 3. The van der Waals surface area contributed by atoms with Gasteiger partial charge in [0.15, 0.2) is 0 Å². The zero-order valence-corrected chi connectivity index (χ0v) is 5.61. The van der Waals surface area contributed by atoms with E-state index < -0.39 is 11.6 Å². The average molecular weight is 159 g/mol. The Morgan fingerprint density at radius 3 is 3.09 bits per heavy atom. The molecule has 1 aromatic heterocycles. The highest BCUT2D eigenvalue weighted by atomic mass is 19.1. The third-order valence-electron chi connectivity index (χ3n) is 1.18. The molecular weight excluding hydrogens is 153 g/mol. The molecule has 0 saturated carbocycles. The lowest BCUT2D eigenvalue weighted by Crippen LogP contribution is -2.03. The highest BCUT2D eigenvalue weighted by Crippen LogP contribution is 2.06. The van der Waals surface area contributed by atoms with Gasteiger partial charge in [-0.05, 0) is 4.92 Å². The van der Waals surface area contributed by atoms with Crippen molar-refractivity contribution in [2.24, 2.45) is 0 Å². The summed E-state index contributed by atoms with van der Waals surface area (Å²) in [5.74, 6) is -0.317. The van der Waals surface area contributed by atoms with Gasteiger partial charge in [-0.2, -0.15) is 0 Å². The first-order valence-corrected chi connectivity index (χ1v) is 2.97. The lowest BCUT2D eigenvalue weighted by atomic mass is 10.7. The van der Waals surface area contributed by atoms with Gasteiger partial charge in [0.1, 0.15) is 19.1 Å². The molecule has 60 valence electrons. The summed E-state index contributed by atoms with van der Waals surface area (Å²) >= 11 is 0. The molecule has 0 aliphatic carbocycles. The maximum Gasteiger partial charge on any atom is 0.434 e. The molecule has 0 amide bonds. The number of nitro groups is 1. The average Bonchev–Trinajstić information content (AvgIpc) is 2.36. The van der Waals surface area contributed by atoms with Crippen LogP contribution in [0.3, 0.4) is 0 Å². The molecule has 0 unspecified atom stereocenters. The van der Waals surface area contributed by atoms with Gasteiger partial charge in [0, 0.05) is 0 Å². The molecule has 0 fully saturated rings. The van der Waals surface area contributed by atoms with Crippen LogP contribution in [0.5, 0.6) is 0 Å². The first kappa shape index (κ1) is 7.64. The quantitative estimate of drug-likeness (QED) is 0.483.